The van der Waals surface area contributed by atoms with Gasteiger partial charge in [0.2, 0.25) is 11.8 Å². The molecule has 6 saturated heterocycles. The lowest BCUT2D eigenvalue weighted by atomic mass is 9.94. The van der Waals surface area contributed by atoms with E-state index in [0.717, 1.165) is 21.0 Å². The van der Waals surface area contributed by atoms with Crippen LogP contribution in [0.2, 0.25) is 0 Å². The van der Waals surface area contributed by atoms with Gasteiger partial charge in [0.05, 0.1) is 39.6 Å². The van der Waals surface area contributed by atoms with E-state index in [1.165, 1.54) is 0 Å². The third-order valence-electron chi connectivity index (χ3n) is 13.5. The van der Waals surface area contributed by atoms with E-state index in [0.29, 0.717) is 0 Å². The van der Waals surface area contributed by atoms with Crippen molar-refractivity contribution in [3.8, 4) is 0 Å². The van der Waals surface area contributed by atoms with E-state index in [1.807, 2.05) is 0 Å². The van der Waals surface area contributed by atoms with Crippen molar-refractivity contribution in [1.82, 2.24) is 10.6 Å². The average molecular weight is 1090 g/mol. The van der Waals surface area contributed by atoms with E-state index in [1.54, 1.807) is 0 Å². The number of rotatable bonds is 19. The highest BCUT2D eigenvalue weighted by Crippen LogP contribution is 2.37. The molecule has 6 aliphatic rings. The van der Waals surface area contributed by atoms with E-state index in [9.17, 15) is 96.4 Å². The van der Waals surface area contributed by atoms with Crippen molar-refractivity contribution in [2.75, 3.05) is 46.8 Å². The molecule has 0 bridgehead atoms. The Morgan fingerprint density at radius 2 is 0.784 bits per heavy atom. The first-order valence-electron chi connectivity index (χ1n) is 23.5. The summed E-state index contributed by atoms with van der Waals surface area (Å²) in [6.07, 6.45) is -52.5. The number of methoxy groups -OCH3 is 1. The van der Waals surface area contributed by atoms with Crippen LogP contribution in [-0.4, -0.2) is 329 Å². The summed E-state index contributed by atoms with van der Waals surface area (Å²) in [7, 11) is 1.11. The van der Waals surface area contributed by atoms with Crippen molar-refractivity contribution in [2.45, 2.75) is 198 Å². The number of amides is 2. The van der Waals surface area contributed by atoms with Gasteiger partial charge in [0, 0.05) is 21.0 Å². The Hall–Kier alpha value is -2.22. The Bertz CT molecular complexity index is 1760. The zero-order chi connectivity index (χ0) is 54.6. The van der Waals surface area contributed by atoms with E-state index in [2.05, 4.69) is 10.6 Å². The first-order valence-corrected chi connectivity index (χ1v) is 23.5. The van der Waals surface area contributed by atoms with Crippen molar-refractivity contribution < 1.29 is 153 Å². The van der Waals surface area contributed by atoms with Crippen LogP contribution in [0.1, 0.15) is 13.8 Å². The van der Waals surface area contributed by atoms with E-state index in [4.69, 9.17) is 56.8 Å². The molecule has 30 atom stereocenters. The number of nitrogens with one attached hydrogen (secondary N) is 2. The first kappa shape index (κ1) is 61.0. The standard InChI is InChI=1S/C41H70N2O31/c1-10(49)42-18-23(54)32(15(7-47)65-36(18)62)71-37-19(43-11(2)50)24(55)33(16(8-48)68-37)72-40-30(61)34(22(53)17(70-40)9-64-38-27(58)25(56)20(51)12(4-44)66-38)73-41-35(29(60)31(63-3)14(6-46)69-41)74-39-28(59)26(57)21(52)13(5-45)67-39/h12-41,44-48,51-62H,4-9H2,1-3H3,(H,42,49)(H,43,50)/t12-,13-,14-,15-,16-,17-,18-,19-,20-,21-,22-,23-,24-,25+,26+,27+,28+,29+,30+,31-,32-,33-,34+,35+,36-,37+,38+,39-,40+,41-/m1/s1. The monoisotopic (exact) mass is 1090 g/mol. The van der Waals surface area contributed by atoms with Crippen LogP contribution in [-0.2, 0) is 66.4 Å². The van der Waals surface area contributed by atoms with Crippen molar-refractivity contribution in [3.05, 3.63) is 0 Å². The molecule has 6 rings (SSSR count). The van der Waals surface area contributed by atoms with Crippen molar-refractivity contribution in [1.29, 1.82) is 0 Å². The summed E-state index contributed by atoms with van der Waals surface area (Å²) in [6.45, 7) is -3.43. The van der Waals surface area contributed by atoms with Gasteiger partial charge in [0.15, 0.2) is 37.7 Å². The molecule has 0 radical (unpaired) electrons. The quantitative estimate of drug-likeness (QED) is 0.0571. The molecular formula is C41H70N2O31. The van der Waals surface area contributed by atoms with Gasteiger partial charge in [-0.15, -0.1) is 0 Å². The molecule has 19 N–H and O–H groups in total. The summed E-state index contributed by atoms with van der Waals surface area (Å²) >= 11 is 0. The summed E-state index contributed by atoms with van der Waals surface area (Å²) in [4.78, 5) is 24.5. The molecule has 6 aliphatic heterocycles. The lowest BCUT2D eigenvalue weighted by Gasteiger charge is -2.51. The van der Waals surface area contributed by atoms with Gasteiger partial charge in [-0.2, -0.15) is 0 Å². The number of aliphatic hydroxyl groups excluding tert-OH is 17. The molecule has 0 aromatic carbocycles. The minimum Gasteiger partial charge on any atom is -0.394 e. The molecule has 0 spiro atoms. The normalized spacial score (nSPS) is 49.2. The summed E-state index contributed by atoms with van der Waals surface area (Å²) in [5, 5.41) is 188. The molecule has 0 aliphatic carbocycles. The van der Waals surface area contributed by atoms with Gasteiger partial charge >= 0.3 is 0 Å². The van der Waals surface area contributed by atoms with Crippen LogP contribution in [0.3, 0.4) is 0 Å². The Labute approximate surface area is 420 Å². The van der Waals surface area contributed by atoms with E-state index in [-0.39, 0.29) is 0 Å². The maximum absolute atomic E-state index is 12.6. The zero-order valence-corrected chi connectivity index (χ0v) is 39.9. The zero-order valence-electron chi connectivity index (χ0n) is 39.9. The maximum Gasteiger partial charge on any atom is 0.217 e. The van der Waals surface area contributed by atoms with Gasteiger partial charge in [-0.25, -0.2) is 0 Å². The maximum atomic E-state index is 12.6. The van der Waals surface area contributed by atoms with Gasteiger partial charge in [-0.05, 0) is 0 Å². The van der Waals surface area contributed by atoms with Crippen LogP contribution in [0.4, 0.5) is 0 Å². The fraction of sp³-hybridized carbons (Fsp3) is 0.951. The third kappa shape index (κ3) is 13.1. The lowest BCUT2D eigenvalue weighted by Crippen LogP contribution is -2.70. The van der Waals surface area contributed by atoms with Crippen LogP contribution >= 0.6 is 0 Å². The van der Waals surface area contributed by atoms with Gasteiger partial charge in [-0.1, -0.05) is 0 Å². The fourth-order valence-electron chi connectivity index (χ4n) is 9.47. The molecule has 33 nitrogen and oxygen atoms in total. The number of hydrogen-bond acceptors (Lipinski definition) is 31. The number of hydrogen-bond donors (Lipinski definition) is 19. The smallest absolute Gasteiger partial charge is 0.217 e. The minimum atomic E-state index is -2.30. The number of ether oxygens (including phenoxy) is 12. The predicted molar refractivity (Wildman–Crippen MR) is 227 cm³/mol. The second-order valence-corrected chi connectivity index (χ2v) is 18.5. The second-order valence-electron chi connectivity index (χ2n) is 18.5. The molecule has 0 aromatic heterocycles. The van der Waals surface area contributed by atoms with Crippen LogP contribution in [0.5, 0.6) is 0 Å². The van der Waals surface area contributed by atoms with Gasteiger partial charge in [0.1, 0.15) is 146 Å². The number of aliphatic hydroxyl groups is 17. The Kier molecular flexibility index (Phi) is 21.9. The summed E-state index contributed by atoms with van der Waals surface area (Å²) < 4.78 is 68.9. The van der Waals surface area contributed by atoms with Crippen LogP contribution in [0.25, 0.3) is 0 Å². The Balaban J connectivity index is 1.32. The fourth-order valence-corrected chi connectivity index (χ4v) is 9.47. The molecule has 430 valence electrons. The highest BCUT2D eigenvalue weighted by molar-refractivity contribution is 5.73. The van der Waals surface area contributed by atoms with E-state index < -0.39 is 236 Å². The highest BCUT2D eigenvalue weighted by atomic mass is 16.8. The van der Waals surface area contributed by atoms with Crippen molar-refractivity contribution in [3.63, 3.8) is 0 Å². The predicted octanol–water partition coefficient (Wildman–Crippen LogP) is -13.2. The molecule has 2 amide bonds. The van der Waals surface area contributed by atoms with Crippen molar-refractivity contribution in [2.24, 2.45) is 0 Å². The summed E-state index contributed by atoms with van der Waals surface area (Å²) in [6, 6.07) is -3.29. The summed E-state index contributed by atoms with van der Waals surface area (Å²) in [5.41, 5.74) is 0. The lowest BCUT2D eigenvalue weighted by molar-refractivity contribution is -0.398. The number of carbonyl (C=O) groups is 2. The summed E-state index contributed by atoms with van der Waals surface area (Å²) in [5.74, 6) is -1.55. The minimum absolute atomic E-state index is 0.715. The molecule has 0 unspecified atom stereocenters. The molecule has 33 heteroatoms. The molecular weight excluding hydrogens is 1020 g/mol. The molecule has 0 aromatic rings. The number of carbonyl (C=O) groups excluding carboxylic acids is 2. The molecule has 6 heterocycles. The van der Waals surface area contributed by atoms with Crippen LogP contribution in [0.15, 0.2) is 0 Å². The van der Waals surface area contributed by atoms with Crippen molar-refractivity contribution >= 4 is 11.8 Å². The molecule has 0 saturated carbocycles. The van der Waals surface area contributed by atoms with Gasteiger partial charge in [-0.3, -0.25) is 9.59 Å². The topological polar surface area (TPSA) is 513 Å². The molecule has 74 heavy (non-hydrogen) atoms. The largest absolute Gasteiger partial charge is 0.394 e. The highest BCUT2D eigenvalue weighted by Gasteiger charge is 2.58. The Morgan fingerprint density at radius 3 is 1.32 bits per heavy atom. The van der Waals surface area contributed by atoms with Crippen LogP contribution in [0, 0.1) is 0 Å². The van der Waals surface area contributed by atoms with Crippen LogP contribution < -0.4 is 10.6 Å². The average Bonchev–Trinajstić information content (AvgIpc) is 3.37. The van der Waals surface area contributed by atoms with Gasteiger partial charge in [0.25, 0.3) is 0 Å². The van der Waals surface area contributed by atoms with Gasteiger partial charge < -0.3 is 154 Å². The SMILES string of the molecule is CO[C@H]1[C@H](O)[C@H](O[C@H]2O[C@H](CO)[C@@H](O)[C@H](O)[C@@H]2O)[C@@H](O[C@@H]2[C@H](O)[C@H](O[C@H]3[C@H](O)[C@@H](NC(C)=O)[C@H](O[C@H]4[C@H](O)[C@@H](NC(C)=O)[C@H](O)O[C@@H]4CO)O[C@@H]3CO)O[C@H](CO[C@H]3O[C@H](CO)[C@@H](O)[C@H](O)[C@@H]3O)[C@H]2O)O[C@@H]1CO. The van der Waals surface area contributed by atoms with E-state index >= 15 is 0 Å². The second kappa shape index (κ2) is 26.6. The first-order chi connectivity index (χ1) is 35.0. The Morgan fingerprint density at radius 1 is 0.378 bits per heavy atom. The molecule has 6 fully saturated rings. The third-order valence-corrected chi connectivity index (χ3v) is 13.5.